The van der Waals surface area contributed by atoms with Crippen LogP contribution in [-0.4, -0.2) is 33.8 Å². The Morgan fingerprint density at radius 3 is 3.31 bits per heavy atom. The average Bonchev–Trinajstić information content (AvgIpc) is 2.74. The number of nitrogens with one attached hydrogen (secondary N) is 2. The summed E-state index contributed by atoms with van der Waals surface area (Å²) in [6.45, 7) is 0.661. The summed E-state index contributed by atoms with van der Waals surface area (Å²) in [7, 11) is 0. The zero-order valence-electron chi connectivity index (χ0n) is 6.99. The Labute approximate surface area is 74.7 Å². The van der Waals surface area contributed by atoms with Crippen LogP contribution in [0.3, 0.4) is 0 Å². The van der Waals surface area contributed by atoms with Gasteiger partial charge in [0.1, 0.15) is 12.4 Å². The quantitative estimate of drug-likeness (QED) is 0.670. The highest BCUT2D eigenvalue weighted by Gasteiger charge is 2.23. The number of rotatable bonds is 2. The number of ether oxygens (including phenoxy) is 1. The number of anilines is 1. The van der Waals surface area contributed by atoms with E-state index in [1.54, 1.807) is 0 Å². The SMILES string of the molecule is O=C(Nc1ncn[nH]1)[C@H]1CCCO1. The highest BCUT2D eigenvalue weighted by molar-refractivity contribution is 5.92. The van der Waals surface area contributed by atoms with Gasteiger partial charge in [-0.25, -0.2) is 5.10 Å². The molecule has 0 unspecified atom stereocenters. The third kappa shape index (κ3) is 1.83. The van der Waals surface area contributed by atoms with Crippen LogP contribution < -0.4 is 5.32 Å². The molecule has 2 rings (SSSR count). The fraction of sp³-hybridized carbons (Fsp3) is 0.571. The third-order valence-electron chi connectivity index (χ3n) is 1.88. The van der Waals surface area contributed by atoms with E-state index < -0.39 is 0 Å². The first-order valence-electron chi connectivity index (χ1n) is 4.14. The van der Waals surface area contributed by atoms with Gasteiger partial charge in [-0.1, -0.05) is 0 Å². The summed E-state index contributed by atoms with van der Waals surface area (Å²) < 4.78 is 5.19. The Bertz CT molecular complexity index is 279. The van der Waals surface area contributed by atoms with Crippen LogP contribution in [0.2, 0.25) is 0 Å². The van der Waals surface area contributed by atoms with Gasteiger partial charge in [-0.2, -0.15) is 10.1 Å². The van der Waals surface area contributed by atoms with E-state index in [2.05, 4.69) is 20.5 Å². The van der Waals surface area contributed by atoms with Gasteiger partial charge in [0.05, 0.1) is 0 Å². The summed E-state index contributed by atoms with van der Waals surface area (Å²) in [5.41, 5.74) is 0. The first-order chi connectivity index (χ1) is 6.36. The second-order valence-electron chi connectivity index (χ2n) is 2.82. The Balaban J connectivity index is 1.91. The van der Waals surface area contributed by atoms with Crippen molar-refractivity contribution in [2.24, 2.45) is 0 Å². The minimum absolute atomic E-state index is 0.158. The summed E-state index contributed by atoms with van der Waals surface area (Å²) >= 11 is 0. The molecule has 1 amide bonds. The molecule has 1 fully saturated rings. The largest absolute Gasteiger partial charge is 0.368 e. The van der Waals surface area contributed by atoms with Crippen LogP contribution in [-0.2, 0) is 9.53 Å². The fourth-order valence-corrected chi connectivity index (χ4v) is 1.25. The molecule has 0 bridgehead atoms. The summed E-state index contributed by atoms with van der Waals surface area (Å²) in [5.74, 6) is 0.203. The number of hydrogen-bond donors (Lipinski definition) is 2. The van der Waals surface area contributed by atoms with E-state index in [-0.39, 0.29) is 12.0 Å². The topological polar surface area (TPSA) is 79.9 Å². The van der Waals surface area contributed by atoms with Crippen LogP contribution in [0, 0.1) is 0 Å². The molecule has 70 valence electrons. The van der Waals surface area contributed by atoms with Crippen molar-refractivity contribution in [1.82, 2.24) is 15.2 Å². The Morgan fingerprint density at radius 1 is 1.77 bits per heavy atom. The van der Waals surface area contributed by atoms with E-state index in [0.29, 0.717) is 12.6 Å². The van der Waals surface area contributed by atoms with Gasteiger partial charge in [0, 0.05) is 6.61 Å². The molecule has 6 heteroatoms. The lowest BCUT2D eigenvalue weighted by atomic mass is 10.2. The molecular weight excluding hydrogens is 172 g/mol. The van der Waals surface area contributed by atoms with Gasteiger partial charge in [-0.15, -0.1) is 0 Å². The summed E-state index contributed by atoms with van der Waals surface area (Å²) in [5, 5.41) is 8.72. The number of aromatic amines is 1. The molecule has 0 saturated carbocycles. The van der Waals surface area contributed by atoms with Crippen LogP contribution in [0.25, 0.3) is 0 Å². The van der Waals surface area contributed by atoms with Gasteiger partial charge < -0.3 is 4.74 Å². The smallest absolute Gasteiger partial charge is 0.255 e. The number of carbonyl (C=O) groups is 1. The van der Waals surface area contributed by atoms with Crippen LogP contribution in [0.5, 0.6) is 0 Å². The van der Waals surface area contributed by atoms with Gasteiger partial charge in [0.15, 0.2) is 0 Å². The molecule has 1 aromatic heterocycles. The molecule has 2 heterocycles. The zero-order chi connectivity index (χ0) is 9.10. The van der Waals surface area contributed by atoms with Crippen molar-refractivity contribution >= 4 is 11.9 Å². The number of aromatic nitrogens is 3. The summed E-state index contributed by atoms with van der Waals surface area (Å²) in [6.07, 6.45) is 2.73. The number of H-pyrrole nitrogens is 1. The highest BCUT2D eigenvalue weighted by Crippen LogP contribution is 2.12. The van der Waals surface area contributed by atoms with Crippen LogP contribution >= 0.6 is 0 Å². The van der Waals surface area contributed by atoms with Gasteiger partial charge in [0.25, 0.3) is 5.91 Å². The predicted octanol–water partition coefficient (Wildman–Crippen LogP) is -0.0778. The first-order valence-corrected chi connectivity index (χ1v) is 4.14. The van der Waals surface area contributed by atoms with E-state index in [9.17, 15) is 4.79 Å². The Hall–Kier alpha value is -1.43. The summed E-state index contributed by atoms with van der Waals surface area (Å²) in [4.78, 5) is 15.2. The number of hydrogen-bond acceptors (Lipinski definition) is 4. The van der Waals surface area contributed by atoms with Crippen molar-refractivity contribution in [3.8, 4) is 0 Å². The van der Waals surface area contributed by atoms with E-state index in [1.165, 1.54) is 6.33 Å². The monoisotopic (exact) mass is 182 g/mol. The molecule has 2 N–H and O–H groups in total. The van der Waals surface area contributed by atoms with Crippen molar-refractivity contribution in [3.63, 3.8) is 0 Å². The highest BCUT2D eigenvalue weighted by atomic mass is 16.5. The molecule has 0 radical (unpaired) electrons. The molecule has 1 atom stereocenters. The molecule has 6 nitrogen and oxygen atoms in total. The molecular formula is C7H10N4O2. The summed E-state index contributed by atoms with van der Waals surface area (Å²) in [6, 6.07) is 0. The van der Waals surface area contributed by atoms with Gasteiger partial charge in [-0.3, -0.25) is 10.1 Å². The van der Waals surface area contributed by atoms with Crippen molar-refractivity contribution in [2.45, 2.75) is 18.9 Å². The van der Waals surface area contributed by atoms with Crippen molar-refractivity contribution < 1.29 is 9.53 Å². The van der Waals surface area contributed by atoms with Gasteiger partial charge in [-0.05, 0) is 12.8 Å². The lowest BCUT2D eigenvalue weighted by molar-refractivity contribution is -0.124. The molecule has 13 heavy (non-hydrogen) atoms. The number of amides is 1. The van der Waals surface area contributed by atoms with Crippen molar-refractivity contribution in [3.05, 3.63) is 6.33 Å². The van der Waals surface area contributed by atoms with Crippen LogP contribution in [0.15, 0.2) is 6.33 Å². The first kappa shape index (κ1) is 8.18. The van der Waals surface area contributed by atoms with Crippen molar-refractivity contribution in [1.29, 1.82) is 0 Å². The normalized spacial score (nSPS) is 21.7. The minimum atomic E-state index is -0.329. The molecule has 1 aromatic rings. The molecule has 1 aliphatic rings. The zero-order valence-corrected chi connectivity index (χ0v) is 6.99. The van der Waals surface area contributed by atoms with E-state index >= 15 is 0 Å². The number of carbonyl (C=O) groups excluding carboxylic acids is 1. The maximum atomic E-state index is 11.4. The predicted molar refractivity (Wildman–Crippen MR) is 44.0 cm³/mol. The van der Waals surface area contributed by atoms with Crippen LogP contribution in [0.4, 0.5) is 5.95 Å². The minimum Gasteiger partial charge on any atom is -0.368 e. The second-order valence-corrected chi connectivity index (χ2v) is 2.82. The Kier molecular flexibility index (Phi) is 2.22. The number of nitrogens with zero attached hydrogens (tertiary/aromatic N) is 2. The Morgan fingerprint density at radius 2 is 2.69 bits per heavy atom. The van der Waals surface area contributed by atoms with Gasteiger partial charge in [0.2, 0.25) is 5.95 Å². The lowest BCUT2D eigenvalue weighted by Crippen LogP contribution is -2.27. The second kappa shape index (κ2) is 3.53. The third-order valence-corrected chi connectivity index (χ3v) is 1.88. The molecule has 1 saturated heterocycles. The molecule has 0 aromatic carbocycles. The molecule has 0 spiro atoms. The lowest BCUT2D eigenvalue weighted by Gasteiger charge is -2.07. The molecule has 0 aliphatic carbocycles. The van der Waals surface area contributed by atoms with E-state index in [4.69, 9.17) is 4.74 Å². The van der Waals surface area contributed by atoms with E-state index in [1.807, 2.05) is 0 Å². The van der Waals surface area contributed by atoms with E-state index in [0.717, 1.165) is 12.8 Å². The molecule has 1 aliphatic heterocycles. The van der Waals surface area contributed by atoms with Crippen molar-refractivity contribution in [2.75, 3.05) is 11.9 Å². The average molecular weight is 182 g/mol. The van der Waals surface area contributed by atoms with Gasteiger partial charge >= 0.3 is 0 Å². The fourth-order valence-electron chi connectivity index (χ4n) is 1.25. The van der Waals surface area contributed by atoms with Crippen LogP contribution in [0.1, 0.15) is 12.8 Å². The standard InChI is InChI=1S/C7H10N4O2/c12-6(5-2-1-3-13-5)10-7-8-4-9-11-7/h4-5H,1-3H2,(H2,8,9,10,11,12)/t5-/m1/s1. The maximum Gasteiger partial charge on any atom is 0.255 e. The maximum absolute atomic E-state index is 11.4.